The first-order valence-electron chi connectivity index (χ1n) is 7.66. The Hall–Kier alpha value is -1.89. The van der Waals surface area contributed by atoms with Crippen molar-refractivity contribution in [2.24, 2.45) is 0 Å². The molecule has 0 bridgehead atoms. The molecule has 128 valence electrons. The first-order valence-corrected chi connectivity index (χ1v) is 8.46. The summed E-state index contributed by atoms with van der Waals surface area (Å²) in [5.74, 6) is -0.478. The molecule has 2 heterocycles. The van der Waals surface area contributed by atoms with Gasteiger partial charge in [0.25, 0.3) is 5.56 Å². The zero-order valence-electron chi connectivity index (χ0n) is 13.7. The molecule has 5 nitrogen and oxygen atoms in total. The second kappa shape index (κ2) is 5.88. The lowest BCUT2D eigenvalue weighted by atomic mass is 9.96. The number of aromatic nitrogens is 1. The number of hydrogen-bond acceptors (Lipinski definition) is 3. The van der Waals surface area contributed by atoms with Gasteiger partial charge in [0.15, 0.2) is 0 Å². The highest BCUT2D eigenvalue weighted by molar-refractivity contribution is 9.10. The molecule has 24 heavy (non-hydrogen) atoms. The van der Waals surface area contributed by atoms with E-state index in [0.29, 0.717) is 28.4 Å². The van der Waals surface area contributed by atoms with Gasteiger partial charge in [0, 0.05) is 22.0 Å². The van der Waals surface area contributed by atoms with E-state index >= 15 is 0 Å². The number of carbonyl (C=O) groups is 1. The van der Waals surface area contributed by atoms with Gasteiger partial charge in [-0.25, -0.2) is 9.18 Å². The van der Waals surface area contributed by atoms with Crippen LogP contribution in [-0.2, 0) is 17.7 Å². The molecule has 0 fully saturated rings. The normalized spacial score (nSPS) is 14.6. The third-order valence-corrected chi connectivity index (χ3v) is 4.35. The van der Waals surface area contributed by atoms with Gasteiger partial charge >= 0.3 is 6.09 Å². The van der Waals surface area contributed by atoms with E-state index in [1.54, 1.807) is 26.8 Å². The summed E-state index contributed by atoms with van der Waals surface area (Å²) in [6, 6.07) is 3.11. The number of nitrogens with one attached hydrogen (secondary N) is 1. The number of rotatable bonds is 0. The number of nitrogens with zero attached hydrogens (tertiary/aromatic N) is 1. The van der Waals surface area contributed by atoms with Gasteiger partial charge in [-0.3, -0.25) is 4.79 Å². The summed E-state index contributed by atoms with van der Waals surface area (Å²) < 4.78 is 20.1. The summed E-state index contributed by atoms with van der Waals surface area (Å²) in [7, 11) is 0. The predicted octanol–water partition coefficient (Wildman–Crippen LogP) is 3.72. The molecule has 0 unspecified atom stereocenters. The van der Waals surface area contributed by atoms with Crippen LogP contribution in [0, 0.1) is 5.82 Å². The molecule has 1 amide bonds. The Bertz CT molecular complexity index is 886. The van der Waals surface area contributed by atoms with E-state index in [0.717, 1.165) is 5.56 Å². The lowest BCUT2D eigenvalue weighted by Gasteiger charge is -2.31. The third kappa shape index (κ3) is 3.17. The van der Waals surface area contributed by atoms with Crippen LogP contribution in [0.15, 0.2) is 21.4 Å². The number of amides is 1. The average molecular weight is 397 g/mol. The molecule has 3 rings (SSSR count). The van der Waals surface area contributed by atoms with E-state index in [9.17, 15) is 14.0 Å². The van der Waals surface area contributed by atoms with Crippen LogP contribution >= 0.6 is 15.9 Å². The van der Waals surface area contributed by atoms with Gasteiger partial charge < -0.3 is 14.6 Å². The molecule has 0 saturated heterocycles. The minimum absolute atomic E-state index is 0.156. The number of pyridine rings is 1. The fraction of sp³-hybridized carbons (Fsp3) is 0.412. The van der Waals surface area contributed by atoms with E-state index in [4.69, 9.17) is 4.74 Å². The van der Waals surface area contributed by atoms with Gasteiger partial charge in [0.1, 0.15) is 11.4 Å². The Balaban J connectivity index is 2.02. The summed E-state index contributed by atoms with van der Waals surface area (Å²) in [4.78, 5) is 28.7. The highest BCUT2D eigenvalue weighted by atomic mass is 79.9. The lowest BCUT2D eigenvalue weighted by molar-refractivity contribution is 0.0223. The second-order valence-electron chi connectivity index (χ2n) is 6.87. The van der Waals surface area contributed by atoms with Gasteiger partial charge in [-0.1, -0.05) is 15.9 Å². The van der Waals surface area contributed by atoms with Crippen molar-refractivity contribution >= 4 is 32.9 Å². The van der Waals surface area contributed by atoms with Crippen molar-refractivity contribution < 1.29 is 13.9 Å². The standard InChI is InChI=1S/C17H18BrFN2O3/c1-17(2,3)24-16(23)21-5-4-10-11-6-9(18)7-13(19)14(11)20-15(22)12(10)8-21/h6-7H,4-5,8H2,1-3H3,(H,20,22). The van der Waals surface area contributed by atoms with Crippen LogP contribution in [0.5, 0.6) is 0 Å². The molecule has 0 saturated carbocycles. The summed E-state index contributed by atoms with van der Waals surface area (Å²) >= 11 is 3.28. The van der Waals surface area contributed by atoms with E-state index in [2.05, 4.69) is 20.9 Å². The average Bonchev–Trinajstić information content (AvgIpc) is 2.46. The van der Waals surface area contributed by atoms with Crippen LogP contribution in [0.25, 0.3) is 10.9 Å². The van der Waals surface area contributed by atoms with Crippen LogP contribution < -0.4 is 5.56 Å². The minimum atomic E-state index is -0.596. The number of hydrogen-bond donors (Lipinski definition) is 1. The molecule has 0 atom stereocenters. The first-order chi connectivity index (χ1) is 11.2. The quantitative estimate of drug-likeness (QED) is 0.737. The molecular weight excluding hydrogens is 379 g/mol. The van der Waals surface area contributed by atoms with Gasteiger partial charge in [-0.05, 0) is 44.9 Å². The molecular formula is C17H18BrFN2O3. The SMILES string of the molecule is CC(C)(C)OC(=O)N1CCc2c(c(=O)[nH]c3c(F)cc(Br)cc23)C1. The van der Waals surface area contributed by atoms with E-state index < -0.39 is 17.5 Å². The van der Waals surface area contributed by atoms with Crippen molar-refractivity contribution in [2.45, 2.75) is 39.3 Å². The van der Waals surface area contributed by atoms with Crippen molar-refractivity contribution in [1.82, 2.24) is 9.88 Å². The molecule has 1 aliphatic heterocycles. The van der Waals surface area contributed by atoms with Gasteiger partial charge in [0.2, 0.25) is 0 Å². The molecule has 0 radical (unpaired) electrons. The highest BCUT2D eigenvalue weighted by Crippen LogP contribution is 2.28. The topological polar surface area (TPSA) is 62.4 Å². The van der Waals surface area contributed by atoms with Gasteiger partial charge in [-0.2, -0.15) is 0 Å². The Morgan fingerprint density at radius 3 is 2.71 bits per heavy atom. The number of benzene rings is 1. The number of halogens is 2. The largest absolute Gasteiger partial charge is 0.444 e. The zero-order valence-corrected chi connectivity index (χ0v) is 15.3. The van der Waals surface area contributed by atoms with Crippen molar-refractivity contribution in [3.05, 3.63) is 43.9 Å². The predicted molar refractivity (Wildman–Crippen MR) is 92.6 cm³/mol. The Morgan fingerprint density at radius 1 is 1.33 bits per heavy atom. The van der Waals surface area contributed by atoms with Crippen LogP contribution in [0.3, 0.4) is 0 Å². The van der Waals surface area contributed by atoms with E-state index in [1.807, 2.05) is 0 Å². The molecule has 7 heteroatoms. The summed E-state index contributed by atoms with van der Waals surface area (Å²) in [6.45, 7) is 5.97. The van der Waals surface area contributed by atoms with Crippen LogP contribution in [0.1, 0.15) is 31.9 Å². The maximum absolute atomic E-state index is 14.1. The van der Waals surface area contributed by atoms with Crippen molar-refractivity contribution in [2.75, 3.05) is 6.54 Å². The molecule has 1 aromatic heterocycles. The fourth-order valence-electron chi connectivity index (χ4n) is 2.88. The number of carbonyl (C=O) groups excluding carboxylic acids is 1. The zero-order chi connectivity index (χ0) is 17.6. The van der Waals surface area contributed by atoms with Gasteiger partial charge in [0.05, 0.1) is 12.1 Å². The number of fused-ring (bicyclic) bond motifs is 3. The van der Waals surface area contributed by atoms with E-state index in [-0.39, 0.29) is 17.6 Å². The second-order valence-corrected chi connectivity index (χ2v) is 7.79. The summed E-state index contributed by atoms with van der Waals surface area (Å²) in [5.41, 5.74) is 0.506. The third-order valence-electron chi connectivity index (χ3n) is 3.89. The number of H-pyrrole nitrogens is 1. The Kier molecular flexibility index (Phi) is 4.15. The van der Waals surface area contributed by atoms with Crippen molar-refractivity contribution in [1.29, 1.82) is 0 Å². The van der Waals surface area contributed by atoms with Crippen molar-refractivity contribution in [3.8, 4) is 0 Å². The van der Waals surface area contributed by atoms with E-state index in [1.165, 1.54) is 11.0 Å². The maximum Gasteiger partial charge on any atom is 0.410 e. The molecule has 1 aromatic carbocycles. The Morgan fingerprint density at radius 2 is 2.04 bits per heavy atom. The molecule has 1 N–H and O–H groups in total. The lowest BCUT2D eigenvalue weighted by Crippen LogP contribution is -2.42. The van der Waals surface area contributed by atoms with Gasteiger partial charge in [-0.15, -0.1) is 0 Å². The summed E-state index contributed by atoms with van der Waals surface area (Å²) in [5, 5.41) is 0.667. The Labute approximate surface area is 146 Å². The van der Waals surface area contributed by atoms with Crippen molar-refractivity contribution in [3.63, 3.8) is 0 Å². The molecule has 2 aromatic rings. The summed E-state index contributed by atoms with van der Waals surface area (Å²) in [6.07, 6.45) is 0.0262. The monoisotopic (exact) mass is 396 g/mol. The minimum Gasteiger partial charge on any atom is -0.444 e. The number of aromatic amines is 1. The van der Waals surface area contributed by atoms with Crippen LogP contribution in [0.2, 0.25) is 0 Å². The first kappa shape index (κ1) is 17.0. The fourth-order valence-corrected chi connectivity index (χ4v) is 3.31. The molecule has 0 aliphatic carbocycles. The highest BCUT2D eigenvalue weighted by Gasteiger charge is 2.28. The maximum atomic E-state index is 14.1. The molecule has 1 aliphatic rings. The molecule has 0 spiro atoms. The van der Waals surface area contributed by atoms with Crippen LogP contribution in [-0.4, -0.2) is 28.1 Å². The number of ether oxygens (including phenoxy) is 1. The smallest absolute Gasteiger partial charge is 0.410 e. The van der Waals surface area contributed by atoms with Crippen LogP contribution in [0.4, 0.5) is 9.18 Å².